The lowest BCUT2D eigenvalue weighted by atomic mass is 9.71. The molecule has 2 aromatic rings. The molecule has 0 bridgehead atoms. The first-order valence-electron chi connectivity index (χ1n) is 11.9. The number of hydrogen-bond acceptors (Lipinski definition) is 7. The number of nitrogens with two attached hydrogens (primary N) is 1. The summed E-state index contributed by atoms with van der Waals surface area (Å²) >= 11 is 0. The van der Waals surface area contributed by atoms with Gasteiger partial charge >= 0.3 is 0 Å². The molecule has 1 aromatic heterocycles. The van der Waals surface area contributed by atoms with E-state index in [0.717, 1.165) is 69.9 Å². The van der Waals surface area contributed by atoms with E-state index in [4.69, 9.17) is 15.2 Å². The Morgan fingerprint density at radius 1 is 1.09 bits per heavy atom. The van der Waals surface area contributed by atoms with E-state index >= 15 is 0 Å². The van der Waals surface area contributed by atoms with Crippen molar-refractivity contribution in [3.63, 3.8) is 0 Å². The number of para-hydroxylation sites is 1. The van der Waals surface area contributed by atoms with Gasteiger partial charge in [-0.3, -0.25) is 9.69 Å². The van der Waals surface area contributed by atoms with Crippen molar-refractivity contribution in [2.45, 2.75) is 51.7 Å². The van der Waals surface area contributed by atoms with E-state index < -0.39 is 0 Å². The van der Waals surface area contributed by atoms with E-state index in [1.807, 2.05) is 11.0 Å². The molecule has 0 aliphatic carbocycles. The third-order valence-corrected chi connectivity index (χ3v) is 7.34. The van der Waals surface area contributed by atoms with E-state index in [2.05, 4.69) is 40.8 Å². The predicted octanol–water partition coefficient (Wildman–Crippen LogP) is 3.13. The molecule has 1 spiro atoms. The van der Waals surface area contributed by atoms with Crippen LogP contribution in [0, 0.1) is 5.41 Å². The topological polar surface area (TPSA) is 93.8 Å². The normalized spacial score (nSPS) is 21.7. The Kier molecular flexibility index (Phi) is 5.64. The molecule has 3 aliphatic heterocycles. The number of aromatic nitrogens is 2. The fraction of sp³-hybridized carbons (Fsp3) is 0.560. The molecule has 2 N–H and O–H groups in total. The van der Waals surface area contributed by atoms with Gasteiger partial charge in [0.2, 0.25) is 0 Å². The van der Waals surface area contributed by atoms with Crippen molar-refractivity contribution < 1.29 is 14.3 Å². The van der Waals surface area contributed by atoms with Gasteiger partial charge in [-0.1, -0.05) is 12.1 Å². The fourth-order valence-corrected chi connectivity index (χ4v) is 5.23. The molecule has 1 aromatic carbocycles. The van der Waals surface area contributed by atoms with Crippen LogP contribution in [-0.4, -0.2) is 64.1 Å². The quantitative estimate of drug-likeness (QED) is 0.766. The van der Waals surface area contributed by atoms with Gasteiger partial charge in [-0.05, 0) is 64.1 Å². The van der Waals surface area contributed by atoms with Crippen LogP contribution in [0.3, 0.4) is 0 Å². The van der Waals surface area contributed by atoms with Crippen LogP contribution >= 0.6 is 0 Å². The number of carbonyl (C=O) groups excluding carboxylic acids is 1. The summed E-state index contributed by atoms with van der Waals surface area (Å²) in [4.78, 5) is 25.2. The first-order chi connectivity index (χ1) is 15.8. The molecule has 8 heteroatoms. The number of fused-ring (bicyclic) bond motifs is 1. The summed E-state index contributed by atoms with van der Waals surface area (Å²) in [6.45, 7) is 9.24. The second-order valence-corrected chi connectivity index (χ2v) is 10.3. The third-order valence-electron chi connectivity index (χ3n) is 7.34. The van der Waals surface area contributed by atoms with Gasteiger partial charge < -0.3 is 20.1 Å². The van der Waals surface area contributed by atoms with Gasteiger partial charge in [0.15, 0.2) is 11.5 Å². The summed E-state index contributed by atoms with van der Waals surface area (Å²) in [6.07, 6.45) is 5.75. The SMILES string of the molecule is CC1(C)COc2cccc(CN3CCC4(CC3)CCN(C(=O)c3cc(N)ncn3)CC4)c2O1. The molecule has 33 heavy (non-hydrogen) atoms. The smallest absolute Gasteiger partial charge is 0.272 e. The molecule has 5 rings (SSSR count). The van der Waals surface area contributed by atoms with E-state index in [1.54, 1.807) is 6.07 Å². The first-order valence-corrected chi connectivity index (χ1v) is 11.9. The van der Waals surface area contributed by atoms with Crippen molar-refractivity contribution in [3.05, 3.63) is 41.9 Å². The molecule has 176 valence electrons. The highest BCUT2D eigenvalue weighted by Gasteiger charge is 2.39. The zero-order valence-corrected chi connectivity index (χ0v) is 19.5. The largest absolute Gasteiger partial charge is 0.486 e. The van der Waals surface area contributed by atoms with Gasteiger partial charge in [-0.25, -0.2) is 9.97 Å². The number of benzene rings is 1. The summed E-state index contributed by atoms with van der Waals surface area (Å²) in [6, 6.07) is 7.75. The van der Waals surface area contributed by atoms with Crippen LogP contribution in [0.5, 0.6) is 11.5 Å². The zero-order chi connectivity index (χ0) is 23.1. The second-order valence-electron chi connectivity index (χ2n) is 10.3. The summed E-state index contributed by atoms with van der Waals surface area (Å²) in [5.41, 5.74) is 7.32. The number of rotatable bonds is 3. The average Bonchev–Trinajstić information content (AvgIpc) is 2.81. The maximum Gasteiger partial charge on any atom is 0.272 e. The van der Waals surface area contributed by atoms with Gasteiger partial charge in [-0.2, -0.15) is 0 Å². The van der Waals surface area contributed by atoms with Crippen LogP contribution in [0.25, 0.3) is 0 Å². The molecule has 0 saturated carbocycles. The Morgan fingerprint density at radius 2 is 1.82 bits per heavy atom. The summed E-state index contributed by atoms with van der Waals surface area (Å²) in [5, 5.41) is 0. The zero-order valence-electron chi connectivity index (χ0n) is 19.5. The summed E-state index contributed by atoms with van der Waals surface area (Å²) in [5.74, 6) is 2.03. The van der Waals surface area contributed by atoms with Gasteiger partial charge in [0.1, 0.15) is 30.0 Å². The van der Waals surface area contributed by atoms with Crippen LogP contribution in [0.4, 0.5) is 5.82 Å². The number of ether oxygens (including phenoxy) is 2. The predicted molar refractivity (Wildman–Crippen MR) is 125 cm³/mol. The monoisotopic (exact) mass is 451 g/mol. The summed E-state index contributed by atoms with van der Waals surface area (Å²) < 4.78 is 12.2. The molecule has 1 amide bonds. The fourth-order valence-electron chi connectivity index (χ4n) is 5.23. The van der Waals surface area contributed by atoms with Crippen molar-refractivity contribution in [3.8, 4) is 11.5 Å². The maximum atomic E-state index is 12.8. The second kappa shape index (κ2) is 8.48. The lowest BCUT2D eigenvalue weighted by Crippen LogP contribution is -2.48. The number of amides is 1. The van der Waals surface area contributed by atoms with E-state index in [0.29, 0.717) is 23.5 Å². The van der Waals surface area contributed by atoms with Crippen molar-refractivity contribution >= 4 is 11.7 Å². The van der Waals surface area contributed by atoms with Crippen LogP contribution in [-0.2, 0) is 6.54 Å². The Morgan fingerprint density at radius 3 is 2.55 bits per heavy atom. The molecule has 8 nitrogen and oxygen atoms in total. The highest BCUT2D eigenvalue weighted by Crippen LogP contribution is 2.43. The Bertz CT molecular complexity index is 1020. The van der Waals surface area contributed by atoms with Crippen molar-refractivity contribution in [2.24, 2.45) is 5.41 Å². The number of anilines is 1. The number of carbonyl (C=O) groups is 1. The van der Waals surface area contributed by atoms with Crippen LogP contribution in [0.2, 0.25) is 0 Å². The number of nitrogen functional groups attached to an aromatic ring is 1. The molecular weight excluding hydrogens is 418 g/mol. The van der Waals surface area contributed by atoms with Crippen molar-refractivity contribution in [1.29, 1.82) is 0 Å². The molecular formula is C25H33N5O3. The van der Waals surface area contributed by atoms with Crippen molar-refractivity contribution in [2.75, 3.05) is 38.5 Å². The molecule has 0 radical (unpaired) electrons. The highest BCUT2D eigenvalue weighted by atomic mass is 16.6. The Labute approximate surface area is 195 Å². The molecule has 0 unspecified atom stereocenters. The van der Waals surface area contributed by atoms with Gasteiger partial charge in [0.05, 0.1) is 0 Å². The number of nitrogens with zero attached hydrogens (tertiary/aromatic N) is 4. The number of hydrogen-bond donors (Lipinski definition) is 1. The Balaban J connectivity index is 1.17. The molecule has 0 atom stereocenters. The van der Waals surface area contributed by atoms with Crippen molar-refractivity contribution in [1.82, 2.24) is 19.8 Å². The third kappa shape index (κ3) is 4.62. The maximum absolute atomic E-state index is 12.8. The molecule has 4 heterocycles. The minimum Gasteiger partial charge on any atom is -0.486 e. The lowest BCUT2D eigenvalue weighted by Gasteiger charge is -2.47. The number of likely N-dealkylation sites (tertiary alicyclic amines) is 2. The van der Waals surface area contributed by atoms with E-state index in [1.165, 1.54) is 11.9 Å². The van der Waals surface area contributed by atoms with Gasteiger partial charge in [0.25, 0.3) is 5.91 Å². The van der Waals surface area contributed by atoms with Gasteiger partial charge in [0, 0.05) is 31.3 Å². The van der Waals surface area contributed by atoms with Crippen LogP contribution in [0.1, 0.15) is 55.6 Å². The number of piperidine rings is 2. The minimum atomic E-state index is -0.308. The standard InChI is InChI=1S/C25H33N5O3/c1-24(2)16-32-20-5-3-4-18(22(20)33-24)15-29-10-6-25(7-11-29)8-12-30(13-9-25)23(31)19-14-21(26)28-17-27-19/h3-5,14,17H,6-13,15-16H2,1-2H3,(H2,26,27,28). The summed E-state index contributed by atoms with van der Waals surface area (Å²) in [7, 11) is 0. The van der Waals surface area contributed by atoms with Crippen LogP contribution in [0.15, 0.2) is 30.6 Å². The van der Waals surface area contributed by atoms with Gasteiger partial charge in [-0.15, -0.1) is 0 Å². The minimum absolute atomic E-state index is 0.0459. The highest BCUT2D eigenvalue weighted by molar-refractivity contribution is 5.92. The van der Waals surface area contributed by atoms with Crippen LogP contribution < -0.4 is 15.2 Å². The lowest BCUT2D eigenvalue weighted by molar-refractivity contribution is 0.0162. The van der Waals surface area contributed by atoms with E-state index in [9.17, 15) is 4.79 Å². The Hall–Kier alpha value is -2.87. The average molecular weight is 452 g/mol. The molecule has 2 saturated heterocycles. The van der Waals surface area contributed by atoms with E-state index in [-0.39, 0.29) is 11.5 Å². The molecule has 2 fully saturated rings. The molecule has 3 aliphatic rings. The first kappa shape index (κ1) is 21.9.